The van der Waals surface area contributed by atoms with Gasteiger partial charge in [-0.3, -0.25) is 9.98 Å². The van der Waals surface area contributed by atoms with Crippen LogP contribution in [0.4, 0.5) is 0 Å². The van der Waals surface area contributed by atoms with Crippen molar-refractivity contribution in [1.82, 2.24) is 10.6 Å². The van der Waals surface area contributed by atoms with E-state index in [0.717, 1.165) is 50.1 Å². The van der Waals surface area contributed by atoms with Gasteiger partial charge in [0.25, 0.3) is 0 Å². The van der Waals surface area contributed by atoms with Crippen LogP contribution >= 0.6 is 0 Å². The molecule has 0 bridgehead atoms. The minimum atomic E-state index is -0.0768. The molecule has 0 saturated carbocycles. The third-order valence-electron chi connectivity index (χ3n) is 5.28. The van der Waals surface area contributed by atoms with Crippen LogP contribution in [0.5, 0.6) is 23.0 Å². The molecular weight excluding hydrogens is 432 g/mol. The van der Waals surface area contributed by atoms with Crippen molar-refractivity contribution in [1.29, 1.82) is 0 Å². The summed E-state index contributed by atoms with van der Waals surface area (Å²) in [5.74, 6) is 1.06. The lowest BCUT2D eigenvalue weighted by molar-refractivity contribution is -0.269. The number of hydrogen-bond acceptors (Lipinski definition) is 8. The molecule has 0 aliphatic heterocycles. The van der Waals surface area contributed by atoms with Gasteiger partial charge in [0, 0.05) is 38.6 Å². The van der Waals surface area contributed by atoms with E-state index in [0.29, 0.717) is 35.7 Å². The Morgan fingerprint density at radius 1 is 0.706 bits per heavy atom. The molecule has 0 aliphatic rings. The van der Waals surface area contributed by atoms with Gasteiger partial charge in [-0.05, 0) is 86.3 Å². The Morgan fingerprint density at radius 2 is 1.12 bits per heavy atom. The first kappa shape index (κ1) is 27.1. The average Bonchev–Trinajstić information content (AvgIpc) is 2.82. The highest BCUT2D eigenvalue weighted by Crippen LogP contribution is 2.25. The van der Waals surface area contributed by atoms with Crippen LogP contribution in [-0.4, -0.2) is 65.9 Å². The molecule has 8 heteroatoms. The summed E-state index contributed by atoms with van der Waals surface area (Å²) in [4.78, 5) is 8.71. The molecule has 2 aromatic carbocycles. The summed E-state index contributed by atoms with van der Waals surface area (Å²) in [7, 11) is 3.12. The fourth-order valence-electron chi connectivity index (χ4n) is 3.37. The lowest BCUT2D eigenvalue weighted by atomic mass is 10.1. The zero-order chi connectivity index (χ0) is 24.8. The van der Waals surface area contributed by atoms with Crippen molar-refractivity contribution in [2.75, 3.05) is 53.5 Å². The molecule has 0 amide bonds. The molecule has 0 heterocycles. The summed E-state index contributed by atoms with van der Waals surface area (Å²) >= 11 is 0. The zero-order valence-electron chi connectivity index (χ0n) is 20.6. The maximum absolute atomic E-state index is 12.0. The number of methoxy groups -OCH3 is 2. The van der Waals surface area contributed by atoms with Gasteiger partial charge in [0.2, 0.25) is 0 Å². The summed E-state index contributed by atoms with van der Waals surface area (Å²) in [6.07, 6.45) is 5.10. The standard InChI is InChI=1S/C26H38N4O4/c1-19-13-21(23(31)15-25(19)33-3)17-29-9-5-7-27-11-12-28-8-6-10-30-18-22-14-20(2)26(34-4)16-24(22)32/h13-18,27-28,31-32H,5-12H2,1-4H3/p-2. The highest BCUT2D eigenvalue weighted by molar-refractivity contribution is 5.84. The van der Waals surface area contributed by atoms with Crippen LogP contribution in [0, 0.1) is 13.8 Å². The predicted molar refractivity (Wildman–Crippen MR) is 134 cm³/mol. The molecule has 186 valence electrons. The first-order valence-corrected chi connectivity index (χ1v) is 11.6. The van der Waals surface area contributed by atoms with E-state index < -0.39 is 0 Å². The summed E-state index contributed by atoms with van der Waals surface area (Å²) in [5, 5.41) is 30.7. The molecule has 0 radical (unpaired) electrons. The summed E-state index contributed by atoms with van der Waals surface area (Å²) in [6.45, 7) is 8.65. The van der Waals surface area contributed by atoms with E-state index in [4.69, 9.17) is 9.47 Å². The molecule has 0 spiro atoms. The largest absolute Gasteiger partial charge is 0.872 e. The molecule has 0 saturated heterocycles. The van der Waals surface area contributed by atoms with Gasteiger partial charge >= 0.3 is 0 Å². The lowest BCUT2D eigenvalue weighted by Crippen LogP contribution is -2.29. The van der Waals surface area contributed by atoms with Crippen LogP contribution in [0.25, 0.3) is 0 Å². The van der Waals surface area contributed by atoms with Crippen molar-refractivity contribution in [3.05, 3.63) is 46.5 Å². The molecule has 2 N–H and O–H groups in total. The van der Waals surface area contributed by atoms with E-state index >= 15 is 0 Å². The van der Waals surface area contributed by atoms with E-state index in [1.165, 1.54) is 12.1 Å². The number of nitrogens with zero attached hydrogens (tertiary/aromatic N) is 2. The van der Waals surface area contributed by atoms with Gasteiger partial charge in [-0.25, -0.2) is 0 Å². The Kier molecular flexibility index (Phi) is 11.9. The van der Waals surface area contributed by atoms with Gasteiger partial charge < -0.3 is 30.3 Å². The molecule has 0 aliphatic carbocycles. The number of ether oxygens (including phenoxy) is 2. The topological polar surface area (TPSA) is 113 Å². The average molecular weight is 469 g/mol. The molecule has 0 unspecified atom stereocenters. The number of aliphatic imine (C=N–C) groups is 2. The van der Waals surface area contributed by atoms with Gasteiger partial charge in [0.1, 0.15) is 11.5 Å². The van der Waals surface area contributed by atoms with Crippen LogP contribution in [0.3, 0.4) is 0 Å². The number of hydrogen-bond donors (Lipinski definition) is 2. The van der Waals surface area contributed by atoms with Gasteiger partial charge in [0.05, 0.1) is 14.2 Å². The molecule has 8 nitrogen and oxygen atoms in total. The summed E-state index contributed by atoms with van der Waals surface area (Å²) in [6, 6.07) is 6.62. The van der Waals surface area contributed by atoms with E-state index in [1.807, 2.05) is 13.8 Å². The SMILES string of the molecule is COc1cc([O-])c(C=NCCCNCCNCCCN=Cc2cc(C)c(OC)cc2[O-])cc1C. The van der Waals surface area contributed by atoms with Gasteiger partial charge in [-0.15, -0.1) is 0 Å². The molecular formula is C26H36N4O4-2. The summed E-state index contributed by atoms with van der Waals surface area (Å²) < 4.78 is 10.3. The van der Waals surface area contributed by atoms with Crippen molar-refractivity contribution >= 4 is 12.4 Å². The molecule has 34 heavy (non-hydrogen) atoms. The fourth-order valence-corrected chi connectivity index (χ4v) is 3.37. The number of nitrogens with one attached hydrogen (secondary N) is 2. The van der Waals surface area contributed by atoms with Crippen LogP contribution in [0.2, 0.25) is 0 Å². The van der Waals surface area contributed by atoms with Gasteiger partial charge in [-0.1, -0.05) is 11.5 Å². The van der Waals surface area contributed by atoms with E-state index in [-0.39, 0.29) is 11.5 Å². The first-order valence-electron chi connectivity index (χ1n) is 11.6. The highest BCUT2D eigenvalue weighted by atomic mass is 16.5. The predicted octanol–water partition coefficient (Wildman–Crippen LogP) is 1.97. The summed E-state index contributed by atoms with van der Waals surface area (Å²) in [5.41, 5.74) is 3.03. The Balaban J connectivity index is 1.50. The monoisotopic (exact) mass is 468 g/mol. The third kappa shape index (κ3) is 9.03. The molecule has 0 atom stereocenters. The minimum Gasteiger partial charge on any atom is -0.872 e. The van der Waals surface area contributed by atoms with E-state index in [2.05, 4.69) is 20.6 Å². The Morgan fingerprint density at radius 3 is 1.50 bits per heavy atom. The molecule has 0 aromatic heterocycles. The zero-order valence-corrected chi connectivity index (χ0v) is 20.6. The number of aryl methyl sites for hydroxylation is 2. The molecule has 2 rings (SSSR count). The van der Waals surface area contributed by atoms with Gasteiger partial charge in [-0.2, -0.15) is 0 Å². The molecule has 2 aromatic rings. The Bertz CT molecular complexity index is 883. The van der Waals surface area contributed by atoms with Crippen LogP contribution < -0.4 is 30.3 Å². The highest BCUT2D eigenvalue weighted by Gasteiger charge is 2.01. The van der Waals surface area contributed by atoms with Crippen molar-refractivity contribution in [3.63, 3.8) is 0 Å². The number of benzene rings is 2. The van der Waals surface area contributed by atoms with E-state index in [9.17, 15) is 10.2 Å². The fraction of sp³-hybridized carbons (Fsp3) is 0.462. The van der Waals surface area contributed by atoms with Crippen molar-refractivity contribution in [2.24, 2.45) is 9.98 Å². The van der Waals surface area contributed by atoms with Crippen molar-refractivity contribution < 1.29 is 19.7 Å². The van der Waals surface area contributed by atoms with Crippen molar-refractivity contribution in [2.45, 2.75) is 26.7 Å². The smallest absolute Gasteiger partial charge is 0.121 e. The van der Waals surface area contributed by atoms with E-state index in [1.54, 1.807) is 38.8 Å². The first-order chi connectivity index (χ1) is 16.5. The maximum atomic E-state index is 12.0. The third-order valence-corrected chi connectivity index (χ3v) is 5.28. The second-order valence-corrected chi connectivity index (χ2v) is 8.00. The lowest BCUT2D eigenvalue weighted by Gasteiger charge is -2.14. The minimum absolute atomic E-state index is 0.0768. The van der Waals surface area contributed by atoms with Crippen LogP contribution in [0.15, 0.2) is 34.3 Å². The second-order valence-electron chi connectivity index (χ2n) is 8.00. The van der Waals surface area contributed by atoms with Crippen LogP contribution in [0.1, 0.15) is 35.1 Å². The molecule has 0 fully saturated rings. The Labute approximate surface area is 202 Å². The van der Waals surface area contributed by atoms with Crippen molar-refractivity contribution in [3.8, 4) is 23.0 Å². The normalized spacial score (nSPS) is 11.5. The van der Waals surface area contributed by atoms with Crippen LogP contribution in [-0.2, 0) is 0 Å². The second kappa shape index (κ2) is 14.9. The maximum Gasteiger partial charge on any atom is 0.121 e. The quantitative estimate of drug-likeness (QED) is 0.305. The van der Waals surface area contributed by atoms with Gasteiger partial charge in [0.15, 0.2) is 0 Å². The number of rotatable bonds is 15. The Hall–Kier alpha value is -3.10.